The number of hydrogen-bond acceptors (Lipinski definition) is 2. The Morgan fingerprint density at radius 3 is 2.32 bits per heavy atom. The molecular formula is C16H19IO2. The molecule has 1 aliphatic rings. The molecule has 0 heterocycles. The van der Waals surface area contributed by atoms with E-state index in [1.165, 1.54) is 9.99 Å². The number of ether oxygens (including phenoxy) is 1. The molecule has 0 radical (unpaired) electrons. The van der Waals surface area contributed by atoms with E-state index in [4.69, 9.17) is 4.74 Å². The molecule has 19 heavy (non-hydrogen) atoms. The summed E-state index contributed by atoms with van der Waals surface area (Å²) in [6, 6.07) is 8.30. The van der Waals surface area contributed by atoms with Crippen molar-refractivity contribution < 1.29 is 9.53 Å². The molecule has 0 N–H and O–H groups in total. The van der Waals surface area contributed by atoms with Gasteiger partial charge in [-0.2, -0.15) is 0 Å². The molecule has 1 aliphatic carbocycles. The number of esters is 1. The first-order valence-corrected chi connectivity index (χ1v) is 7.76. The lowest BCUT2D eigenvalue weighted by atomic mass is 9.79. The van der Waals surface area contributed by atoms with Crippen molar-refractivity contribution in [3.05, 3.63) is 45.6 Å². The van der Waals surface area contributed by atoms with Gasteiger partial charge in [-0.3, -0.25) is 0 Å². The lowest BCUT2D eigenvalue weighted by Crippen LogP contribution is -2.35. The van der Waals surface area contributed by atoms with Gasteiger partial charge >= 0.3 is 5.97 Å². The van der Waals surface area contributed by atoms with Crippen molar-refractivity contribution in [2.45, 2.75) is 44.6 Å². The van der Waals surface area contributed by atoms with Crippen LogP contribution in [0.3, 0.4) is 0 Å². The summed E-state index contributed by atoms with van der Waals surface area (Å²) in [6.45, 7) is 5.38. The topological polar surface area (TPSA) is 26.3 Å². The van der Waals surface area contributed by atoms with E-state index >= 15 is 0 Å². The molecule has 102 valence electrons. The molecular weight excluding hydrogens is 351 g/mol. The fourth-order valence-electron chi connectivity index (χ4n) is 2.59. The van der Waals surface area contributed by atoms with Gasteiger partial charge in [-0.1, -0.05) is 25.1 Å². The quantitative estimate of drug-likeness (QED) is 0.443. The van der Waals surface area contributed by atoms with E-state index in [-0.39, 0.29) is 5.97 Å². The Labute approximate surface area is 128 Å². The third-order valence-electron chi connectivity index (χ3n) is 3.67. The molecule has 1 saturated carbocycles. The monoisotopic (exact) mass is 370 g/mol. The highest BCUT2D eigenvalue weighted by molar-refractivity contribution is 14.1. The second-order valence-corrected chi connectivity index (χ2v) is 6.48. The first-order chi connectivity index (χ1) is 9.03. The summed E-state index contributed by atoms with van der Waals surface area (Å²) in [5.74, 6) is -0.277. The van der Waals surface area contributed by atoms with E-state index in [0.717, 1.165) is 31.2 Å². The number of carbonyl (C=O) groups excluding carboxylic acids is 1. The Balaban J connectivity index is 2.31. The predicted octanol–water partition coefficient (Wildman–Crippen LogP) is 4.57. The Kier molecular flexibility index (Phi) is 4.66. The van der Waals surface area contributed by atoms with Crippen LogP contribution in [-0.2, 0) is 15.1 Å². The molecule has 2 nitrogen and oxygen atoms in total. The smallest absolute Gasteiger partial charge is 0.333 e. The number of hydrogen-bond donors (Lipinski definition) is 0. The largest absolute Gasteiger partial charge is 0.451 e. The molecule has 0 saturated heterocycles. The van der Waals surface area contributed by atoms with Crippen LogP contribution in [0.4, 0.5) is 0 Å². The fourth-order valence-corrected chi connectivity index (χ4v) is 2.95. The summed E-state index contributed by atoms with van der Waals surface area (Å²) in [6.07, 6.45) is 5.25. The molecule has 3 heteroatoms. The number of benzene rings is 1. The normalized spacial score (nSPS) is 17.8. The van der Waals surface area contributed by atoms with Crippen LogP contribution < -0.4 is 0 Å². The van der Waals surface area contributed by atoms with Crippen molar-refractivity contribution in [1.29, 1.82) is 0 Å². The highest BCUT2D eigenvalue weighted by Crippen LogP contribution is 2.41. The second kappa shape index (κ2) is 6.07. The minimum atomic E-state index is -0.446. The molecule has 1 fully saturated rings. The lowest BCUT2D eigenvalue weighted by molar-refractivity contribution is -0.160. The molecule has 1 aromatic rings. The zero-order valence-corrected chi connectivity index (χ0v) is 13.4. The molecule has 0 amide bonds. The molecule has 0 bridgehead atoms. The number of carbonyl (C=O) groups is 1. The second-order valence-electron chi connectivity index (χ2n) is 5.23. The minimum Gasteiger partial charge on any atom is -0.451 e. The van der Waals surface area contributed by atoms with Crippen LogP contribution in [0.25, 0.3) is 0 Å². The van der Waals surface area contributed by atoms with Crippen LogP contribution in [0.2, 0.25) is 0 Å². The van der Waals surface area contributed by atoms with Gasteiger partial charge < -0.3 is 4.74 Å². The van der Waals surface area contributed by atoms with Gasteiger partial charge in [0.15, 0.2) is 0 Å². The Morgan fingerprint density at radius 1 is 1.21 bits per heavy atom. The van der Waals surface area contributed by atoms with E-state index in [1.54, 1.807) is 6.92 Å². The Morgan fingerprint density at radius 2 is 1.79 bits per heavy atom. The maximum absolute atomic E-state index is 11.9. The summed E-state index contributed by atoms with van der Waals surface area (Å²) >= 11 is 2.29. The summed E-state index contributed by atoms with van der Waals surface area (Å²) in [5, 5.41) is 0. The van der Waals surface area contributed by atoms with E-state index < -0.39 is 5.60 Å². The van der Waals surface area contributed by atoms with Crippen LogP contribution in [-0.4, -0.2) is 5.97 Å². The van der Waals surface area contributed by atoms with Crippen molar-refractivity contribution in [3.8, 4) is 0 Å². The lowest BCUT2D eigenvalue weighted by Gasteiger charge is -2.37. The minimum absolute atomic E-state index is 0.277. The van der Waals surface area contributed by atoms with Crippen molar-refractivity contribution >= 4 is 28.6 Å². The van der Waals surface area contributed by atoms with Gasteiger partial charge in [0.2, 0.25) is 0 Å². The van der Waals surface area contributed by atoms with Crippen LogP contribution in [0.15, 0.2) is 36.4 Å². The van der Waals surface area contributed by atoms with Crippen molar-refractivity contribution in [2.24, 2.45) is 0 Å². The summed E-state index contributed by atoms with van der Waals surface area (Å²) < 4.78 is 7.02. The molecule has 0 spiro atoms. The molecule has 0 aromatic heterocycles. The zero-order chi connectivity index (χ0) is 13.9. The highest BCUT2D eigenvalue weighted by Gasteiger charge is 2.37. The maximum Gasteiger partial charge on any atom is 0.333 e. The van der Waals surface area contributed by atoms with Crippen LogP contribution in [0, 0.1) is 3.57 Å². The van der Waals surface area contributed by atoms with Crippen LogP contribution in [0.5, 0.6) is 0 Å². The Bertz CT molecular complexity index is 470. The zero-order valence-electron chi connectivity index (χ0n) is 11.2. The van der Waals surface area contributed by atoms with E-state index in [2.05, 4.69) is 53.4 Å². The SMILES string of the molecule is C=C(C)C(=O)OC1(c2ccc(I)cc2)CCCCC1. The standard InChI is InChI=1S/C16H19IO2/c1-12(2)15(18)19-16(10-4-3-5-11-16)13-6-8-14(17)9-7-13/h6-9H,1,3-5,10-11H2,2H3. The summed E-state index contributed by atoms with van der Waals surface area (Å²) in [4.78, 5) is 11.9. The van der Waals surface area contributed by atoms with Crippen LogP contribution in [0.1, 0.15) is 44.6 Å². The molecule has 1 aromatic carbocycles. The predicted molar refractivity (Wildman–Crippen MR) is 84.8 cm³/mol. The molecule has 2 rings (SSSR count). The third-order valence-corrected chi connectivity index (χ3v) is 4.39. The summed E-state index contributed by atoms with van der Waals surface area (Å²) in [5.41, 5.74) is 1.14. The van der Waals surface area contributed by atoms with Gasteiger partial charge in [0.1, 0.15) is 5.60 Å². The average molecular weight is 370 g/mol. The maximum atomic E-state index is 11.9. The van der Waals surface area contributed by atoms with Gasteiger partial charge in [-0.25, -0.2) is 4.79 Å². The van der Waals surface area contributed by atoms with Crippen molar-refractivity contribution in [2.75, 3.05) is 0 Å². The molecule has 0 atom stereocenters. The van der Waals surface area contributed by atoms with Gasteiger partial charge in [0.25, 0.3) is 0 Å². The Hall–Kier alpha value is -0.840. The first-order valence-electron chi connectivity index (χ1n) is 6.68. The molecule has 0 aliphatic heterocycles. The van der Waals surface area contributed by atoms with E-state index in [9.17, 15) is 4.79 Å². The third kappa shape index (κ3) is 3.38. The number of halogens is 1. The van der Waals surface area contributed by atoms with Gasteiger partial charge in [0, 0.05) is 9.14 Å². The van der Waals surface area contributed by atoms with Crippen molar-refractivity contribution in [1.82, 2.24) is 0 Å². The summed E-state index contributed by atoms with van der Waals surface area (Å²) in [7, 11) is 0. The number of rotatable bonds is 3. The van der Waals surface area contributed by atoms with Crippen LogP contribution >= 0.6 is 22.6 Å². The first kappa shape index (κ1) is 14.6. The van der Waals surface area contributed by atoms with E-state index in [1.807, 2.05) is 0 Å². The molecule has 0 unspecified atom stereocenters. The fraction of sp³-hybridized carbons (Fsp3) is 0.438. The van der Waals surface area contributed by atoms with Gasteiger partial charge in [0.05, 0.1) is 0 Å². The highest BCUT2D eigenvalue weighted by atomic mass is 127. The average Bonchev–Trinajstić information content (AvgIpc) is 2.40. The van der Waals surface area contributed by atoms with E-state index in [0.29, 0.717) is 5.57 Å². The van der Waals surface area contributed by atoms with Gasteiger partial charge in [-0.15, -0.1) is 0 Å². The van der Waals surface area contributed by atoms with Gasteiger partial charge in [-0.05, 0) is 72.9 Å². The van der Waals surface area contributed by atoms with Crippen molar-refractivity contribution in [3.63, 3.8) is 0 Å².